The smallest absolute Gasteiger partial charge is 0.324 e. The van der Waals surface area contributed by atoms with Gasteiger partial charge in [-0.2, -0.15) is 0 Å². The Morgan fingerprint density at radius 1 is 1.06 bits per heavy atom. The molecule has 0 spiro atoms. The Balaban J connectivity index is 1.20. The first-order chi connectivity index (χ1) is 15.5. The van der Waals surface area contributed by atoms with Crippen molar-refractivity contribution in [1.82, 2.24) is 15.1 Å². The van der Waals surface area contributed by atoms with Gasteiger partial charge in [-0.15, -0.1) is 0 Å². The molecule has 32 heavy (non-hydrogen) atoms. The van der Waals surface area contributed by atoms with Crippen molar-refractivity contribution in [2.45, 2.75) is 44.7 Å². The molecule has 5 nitrogen and oxygen atoms in total. The van der Waals surface area contributed by atoms with Crippen molar-refractivity contribution in [3.05, 3.63) is 69.2 Å². The highest BCUT2D eigenvalue weighted by Gasteiger charge is 2.32. The van der Waals surface area contributed by atoms with E-state index in [1.54, 1.807) is 0 Å². The van der Waals surface area contributed by atoms with Crippen LogP contribution in [0, 0.1) is 5.92 Å². The van der Waals surface area contributed by atoms with Crippen LogP contribution in [0.2, 0.25) is 5.02 Å². The largest absolute Gasteiger partial charge is 0.334 e. The summed E-state index contributed by atoms with van der Waals surface area (Å²) in [6.07, 6.45) is 4.53. The average molecular weight is 519 g/mol. The molecular weight excluding hydrogens is 490 g/mol. The number of carbonyl (C=O) groups is 2. The van der Waals surface area contributed by atoms with Gasteiger partial charge in [-0.3, -0.25) is 9.69 Å². The fraction of sp³-hybridized carbons (Fsp3) is 0.440. The van der Waals surface area contributed by atoms with Crippen molar-refractivity contribution >= 4 is 39.5 Å². The van der Waals surface area contributed by atoms with Crippen LogP contribution in [-0.4, -0.2) is 47.4 Å². The van der Waals surface area contributed by atoms with Gasteiger partial charge in [0.1, 0.15) is 0 Å². The first kappa shape index (κ1) is 23.3. The molecule has 0 aliphatic carbocycles. The summed E-state index contributed by atoms with van der Waals surface area (Å²) in [5.74, 6) is 0.567. The number of nitrogens with one attached hydrogen (secondary N) is 1. The Morgan fingerprint density at radius 3 is 2.53 bits per heavy atom. The lowest BCUT2D eigenvalue weighted by Gasteiger charge is -2.35. The van der Waals surface area contributed by atoms with Crippen LogP contribution in [0.4, 0.5) is 4.79 Å². The fourth-order valence-corrected chi connectivity index (χ4v) is 5.20. The summed E-state index contributed by atoms with van der Waals surface area (Å²) in [5, 5.41) is 3.82. The SMILES string of the molecule is O=C1CC(CCN2CCC(Cc3cc(Cl)ccc3Br)CC2)NC(=O)N1Cc1ccccc1. The van der Waals surface area contributed by atoms with E-state index < -0.39 is 0 Å². The Bertz CT molecular complexity index is 929. The third-order valence-corrected chi connectivity index (χ3v) is 7.50. The minimum Gasteiger partial charge on any atom is -0.334 e. The molecule has 0 radical (unpaired) electrons. The number of hydrogen-bond donors (Lipinski definition) is 1. The molecule has 4 rings (SSSR count). The van der Waals surface area contributed by atoms with E-state index in [0.29, 0.717) is 18.9 Å². The van der Waals surface area contributed by atoms with Crippen molar-refractivity contribution in [2.75, 3.05) is 19.6 Å². The van der Waals surface area contributed by atoms with Crippen LogP contribution in [0.1, 0.15) is 36.8 Å². The van der Waals surface area contributed by atoms with E-state index in [-0.39, 0.29) is 18.0 Å². The molecule has 0 aromatic heterocycles. The molecule has 1 unspecified atom stereocenters. The molecule has 3 amide bonds. The lowest BCUT2D eigenvalue weighted by molar-refractivity contribution is -0.130. The second kappa shape index (κ2) is 10.8. The van der Waals surface area contributed by atoms with Crippen molar-refractivity contribution in [3.8, 4) is 0 Å². The quantitative estimate of drug-likeness (QED) is 0.544. The minimum absolute atomic E-state index is 0.0813. The predicted molar refractivity (Wildman–Crippen MR) is 131 cm³/mol. The van der Waals surface area contributed by atoms with Crippen molar-refractivity contribution in [2.24, 2.45) is 5.92 Å². The molecule has 2 aliphatic heterocycles. The Hall–Kier alpha value is -1.89. The molecule has 0 saturated carbocycles. The van der Waals surface area contributed by atoms with Gasteiger partial charge in [-0.05, 0) is 74.0 Å². The molecule has 170 valence electrons. The summed E-state index contributed by atoms with van der Waals surface area (Å²) in [6, 6.07) is 15.3. The van der Waals surface area contributed by atoms with Gasteiger partial charge in [-0.25, -0.2) is 4.79 Å². The fourth-order valence-electron chi connectivity index (χ4n) is 4.60. The van der Waals surface area contributed by atoms with E-state index in [9.17, 15) is 9.59 Å². The number of likely N-dealkylation sites (tertiary alicyclic amines) is 1. The second-order valence-corrected chi connectivity index (χ2v) is 10.1. The Kier molecular flexibility index (Phi) is 7.87. The van der Waals surface area contributed by atoms with Crippen LogP contribution >= 0.6 is 27.5 Å². The molecule has 7 heteroatoms. The number of carbonyl (C=O) groups excluding carboxylic acids is 2. The average Bonchev–Trinajstić information content (AvgIpc) is 2.79. The maximum atomic E-state index is 12.6. The predicted octanol–water partition coefficient (Wildman–Crippen LogP) is 5.26. The zero-order valence-electron chi connectivity index (χ0n) is 18.1. The van der Waals surface area contributed by atoms with Crippen LogP contribution in [0.25, 0.3) is 0 Å². The summed E-state index contributed by atoms with van der Waals surface area (Å²) in [7, 11) is 0. The van der Waals surface area contributed by atoms with E-state index in [1.165, 1.54) is 10.5 Å². The number of urea groups is 1. The van der Waals surface area contributed by atoms with Crippen molar-refractivity contribution in [3.63, 3.8) is 0 Å². The van der Waals surface area contributed by atoms with Crippen molar-refractivity contribution in [1.29, 1.82) is 0 Å². The molecule has 2 saturated heterocycles. The zero-order valence-corrected chi connectivity index (χ0v) is 20.4. The first-order valence-corrected chi connectivity index (χ1v) is 12.5. The molecule has 1 atom stereocenters. The van der Waals surface area contributed by atoms with Crippen LogP contribution in [0.3, 0.4) is 0 Å². The van der Waals surface area contributed by atoms with Gasteiger partial charge in [0, 0.05) is 28.5 Å². The second-order valence-electron chi connectivity index (χ2n) is 8.83. The molecule has 0 bridgehead atoms. The first-order valence-electron chi connectivity index (χ1n) is 11.3. The number of halogens is 2. The van der Waals surface area contributed by atoms with Crippen LogP contribution in [-0.2, 0) is 17.8 Å². The highest BCUT2D eigenvalue weighted by atomic mass is 79.9. The monoisotopic (exact) mass is 517 g/mol. The number of benzene rings is 2. The summed E-state index contributed by atoms with van der Waals surface area (Å²) < 4.78 is 1.13. The molecule has 2 aromatic rings. The van der Waals surface area contributed by atoms with Gasteiger partial charge < -0.3 is 10.2 Å². The summed E-state index contributed by atoms with van der Waals surface area (Å²) in [4.78, 5) is 28.9. The standard InChI is InChI=1S/C25H29BrClN3O2/c26-23-7-6-21(27)15-20(23)14-18-8-11-29(12-9-18)13-10-22-16-24(31)30(25(32)28-22)17-19-4-2-1-3-5-19/h1-7,15,18,22H,8-14,16-17H2,(H,28,32). The lowest BCUT2D eigenvalue weighted by Crippen LogP contribution is -2.54. The molecule has 2 heterocycles. The van der Waals surface area contributed by atoms with E-state index in [2.05, 4.69) is 32.2 Å². The third kappa shape index (κ3) is 6.12. The van der Waals surface area contributed by atoms with Gasteiger partial charge in [0.05, 0.1) is 6.54 Å². The Labute approximate surface area is 203 Å². The van der Waals surface area contributed by atoms with E-state index >= 15 is 0 Å². The van der Waals surface area contributed by atoms with Crippen molar-refractivity contribution < 1.29 is 9.59 Å². The van der Waals surface area contributed by atoms with Gasteiger partial charge >= 0.3 is 6.03 Å². The summed E-state index contributed by atoms with van der Waals surface area (Å²) >= 11 is 9.79. The molecule has 2 aromatic carbocycles. The highest BCUT2D eigenvalue weighted by molar-refractivity contribution is 9.10. The number of nitrogens with zero attached hydrogens (tertiary/aromatic N) is 2. The molecule has 2 fully saturated rings. The number of amides is 3. The number of piperidine rings is 1. The van der Waals surface area contributed by atoms with E-state index in [1.807, 2.05) is 42.5 Å². The van der Waals surface area contributed by atoms with Crippen LogP contribution in [0.5, 0.6) is 0 Å². The highest BCUT2D eigenvalue weighted by Crippen LogP contribution is 2.28. The van der Waals surface area contributed by atoms with Gasteiger partial charge in [-0.1, -0.05) is 57.9 Å². The molecule has 1 N–H and O–H groups in total. The Morgan fingerprint density at radius 2 is 1.81 bits per heavy atom. The minimum atomic E-state index is -0.277. The van der Waals surface area contributed by atoms with Crippen LogP contribution < -0.4 is 5.32 Å². The van der Waals surface area contributed by atoms with Gasteiger partial charge in [0.15, 0.2) is 0 Å². The molecular formula is C25H29BrClN3O2. The van der Waals surface area contributed by atoms with Gasteiger partial charge in [0.25, 0.3) is 0 Å². The number of rotatable bonds is 7. The normalized spacial score (nSPS) is 20.4. The maximum absolute atomic E-state index is 12.6. The maximum Gasteiger partial charge on any atom is 0.324 e. The molecule has 2 aliphatic rings. The number of imide groups is 1. The zero-order chi connectivity index (χ0) is 22.5. The van der Waals surface area contributed by atoms with E-state index in [0.717, 1.165) is 60.4 Å². The summed E-state index contributed by atoms with van der Waals surface area (Å²) in [6.45, 7) is 3.34. The summed E-state index contributed by atoms with van der Waals surface area (Å²) in [5.41, 5.74) is 2.24. The number of hydrogen-bond acceptors (Lipinski definition) is 3. The van der Waals surface area contributed by atoms with Gasteiger partial charge in [0.2, 0.25) is 5.91 Å². The third-order valence-electron chi connectivity index (χ3n) is 6.50. The topological polar surface area (TPSA) is 52.7 Å². The van der Waals surface area contributed by atoms with E-state index in [4.69, 9.17) is 11.6 Å². The van der Waals surface area contributed by atoms with Crippen LogP contribution in [0.15, 0.2) is 53.0 Å². The lowest BCUT2D eigenvalue weighted by atomic mass is 9.90.